The highest BCUT2D eigenvalue weighted by Crippen LogP contribution is 2.12. The molecule has 2 aromatic rings. The van der Waals surface area contributed by atoms with Gasteiger partial charge in [-0.15, -0.1) is 0 Å². The molecule has 0 fully saturated rings. The Balaban J connectivity index is 1.87. The number of aromatic nitrogens is 1. The maximum Gasteiger partial charge on any atom is 0.251 e. The van der Waals surface area contributed by atoms with Gasteiger partial charge < -0.3 is 14.5 Å². The van der Waals surface area contributed by atoms with Crippen LogP contribution in [0.4, 0.5) is 0 Å². The van der Waals surface area contributed by atoms with Crippen LogP contribution in [0.25, 0.3) is 0 Å². The highest BCUT2D eigenvalue weighted by molar-refractivity contribution is 5.94. The summed E-state index contributed by atoms with van der Waals surface area (Å²) in [6, 6.07) is 7.02. The highest BCUT2D eigenvalue weighted by atomic mass is 16.5. The van der Waals surface area contributed by atoms with Crippen molar-refractivity contribution in [3.63, 3.8) is 0 Å². The van der Waals surface area contributed by atoms with Crippen LogP contribution in [0.3, 0.4) is 0 Å². The highest BCUT2D eigenvalue weighted by Gasteiger charge is 2.06. The van der Waals surface area contributed by atoms with E-state index in [0.29, 0.717) is 24.3 Å². The Labute approximate surface area is 105 Å². The van der Waals surface area contributed by atoms with Gasteiger partial charge in [-0.2, -0.15) is 0 Å². The van der Waals surface area contributed by atoms with E-state index >= 15 is 0 Å². The molecule has 0 bridgehead atoms. The normalized spacial score (nSPS) is 10.1. The van der Waals surface area contributed by atoms with Gasteiger partial charge in [-0.05, 0) is 18.2 Å². The number of hydrogen-bond donors (Lipinski definition) is 1. The minimum Gasteiger partial charge on any atom is -0.497 e. The van der Waals surface area contributed by atoms with Crippen LogP contribution in [0.15, 0.2) is 41.3 Å². The predicted octanol–water partition coefficient (Wildman–Crippen LogP) is 1.66. The van der Waals surface area contributed by atoms with Gasteiger partial charge >= 0.3 is 0 Å². The molecule has 18 heavy (non-hydrogen) atoms. The molecule has 1 aromatic heterocycles. The van der Waals surface area contributed by atoms with Gasteiger partial charge in [0.2, 0.25) is 0 Å². The maximum absolute atomic E-state index is 11.8. The summed E-state index contributed by atoms with van der Waals surface area (Å²) in [6.45, 7) is 0.516. The Morgan fingerprint density at radius 2 is 2.39 bits per heavy atom. The third-order valence-electron chi connectivity index (χ3n) is 2.48. The summed E-state index contributed by atoms with van der Waals surface area (Å²) in [7, 11) is 1.57. The summed E-state index contributed by atoms with van der Waals surface area (Å²) < 4.78 is 9.91. The van der Waals surface area contributed by atoms with Gasteiger partial charge in [-0.25, -0.2) is 4.98 Å². The van der Waals surface area contributed by atoms with Crippen molar-refractivity contribution in [2.24, 2.45) is 0 Å². The van der Waals surface area contributed by atoms with Crippen molar-refractivity contribution in [2.45, 2.75) is 6.42 Å². The Morgan fingerprint density at radius 3 is 3.11 bits per heavy atom. The third-order valence-corrected chi connectivity index (χ3v) is 2.48. The fourth-order valence-electron chi connectivity index (χ4n) is 1.53. The van der Waals surface area contributed by atoms with Crippen LogP contribution in [0.2, 0.25) is 0 Å². The van der Waals surface area contributed by atoms with Crippen molar-refractivity contribution in [3.05, 3.63) is 48.2 Å². The zero-order chi connectivity index (χ0) is 12.8. The lowest BCUT2D eigenvalue weighted by Gasteiger charge is -2.05. The molecule has 5 nitrogen and oxygen atoms in total. The molecule has 0 saturated heterocycles. The van der Waals surface area contributed by atoms with E-state index < -0.39 is 0 Å². The molecule has 0 aliphatic rings. The standard InChI is InChI=1S/C13H14N2O3/c1-17-12-4-2-3-10(7-12)13(16)14-6-5-11-8-18-9-15-11/h2-4,7-9H,5-6H2,1H3,(H,14,16). The number of carbonyl (C=O) groups is 1. The van der Waals surface area contributed by atoms with Crippen LogP contribution in [0, 0.1) is 0 Å². The average Bonchev–Trinajstić information content (AvgIpc) is 2.92. The lowest BCUT2D eigenvalue weighted by molar-refractivity contribution is 0.0953. The van der Waals surface area contributed by atoms with Gasteiger partial charge in [0.05, 0.1) is 12.8 Å². The second-order valence-corrected chi connectivity index (χ2v) is 3.72. The van der Waals surface area contributed by atoms with Crippen molar-refractivity contribution in [3.8, 4) is 5.75 Å². The van der Waals surface area contributed by atoms with Crippen LogP contribution < -0.4 is 10.1 Å². The number of amides is 1. The molecular weight excluding hydrogens is 232 g/mol. The number of rotatable bonds is 5. The number of carbonyl (C=O) groups excluding carboxylic acids is 1. The molecular formula is C13H14N2O3. The van der Waals surface area contributed by atoms with Crippen LogP contribution in [-0.2, 0) is 6.42 Å². The monoisotopic (exact) mass is 246 g/mol. The molecule has 0 aliphatic carbocycles. The number of nitrogens with zero attached hydrogens (tertiary/aromatic N) is 1. The number of nitrogens with one attached hydrogen (secondary N) is 1. The predicted molar refractivity (Wildman–Crippen MR) is 65.5 cm³/mol. The molecule has 0 unspecified atom stereocenters. The zero-order valence-corrected chi connectivity index (χ0v) is 10.1. The molecule has 1 heterocycles. The molecule has 0 saturated carbocycles. The topological polar surface area (TPSA) is 64.4 Å². The maximum atomic E-state index is 11.8. The molecule has 94 valence electrons. The lowest BCUT2D eigenvalue weighted by atomic mass is 10.2. The summed E-state index contributed by atoms with van der Waals surface area (Å²) in [6.07, 6.45) is 3.59. The van der Waals surface area contributed by atoms with Crippen molar-refractivity contribution >= 4 is 5.91 Å². The first-order valence-electron chi connectivity index (χ1n) is 5.59. The molecule has 0 aliphatic heterocycles. The Morgan fingerprint density at radius 1 is 1.50 bits per heavy atom. The summed E-state index contributed by atoms with van der Waals surface area (Å²) in [4.78, 5) is 15.8. The van der Waals surface area contributed by atoms with E-state index in [2.05, 4.69) is 10.3 Å². The number of ether oxygens (including phenoxy) is 1. The number of oxazole rings is 1. The minimum atomic E-state index is -0.127. The van der Waals surface area contributed by atoms with Gasteiger partial charge in [0.25, 0.3) is 5.91 Å². The van der Waals surface area contributed by atoms with Gasteiger partial charge in [-0.3, -0.25) is 4.79 Å². The largest absolute Gasteiger partial charge is 0.497 e. The molecule has 1 aromatic carbocycles. The second kappa shape index (κ2) is 5.86. The zero-order valence-electron chi connectivity index (χ0n) is 10.1. The Kier molecular flexibility index (Phi) is 3.96. The molecule has 2 rings (SSSR count). The second-order valence-electron chi connectivity index (χ2n) is 3.72. The number of hydrogen-bond acceptors (Lipinski definition) is 4. The molecule has 0 atom stereocenters. The summed E-state index contributed by atoms with van der Waals surface area (Å²) >= 11 is 0. The van der Waals surface area contributed by atoms with Gasteiger partial charge in [0.15, 0.2) is 6.39 Å². The van der Waals surface area contributed by atoms with E-state index in [9.17, 15) is 4.79 Å². The first-order chi connectivity index (χ1) is 8.79. The van der Waals surface area contributed by atoms with Gasteiger partial charge in [-0.1, -0.05) is 6.07 Å². The first-order valence-corrected chi connectivity index (χ1v) is 5.59. The Hall–Kier alpha value is -2.30. The summed E-state index contributed by atoms with van der Waals surface area (Å²) in [5.74, 6) is 0.538. The van der Waals surface area contributed by atoms with Gasteiger partial charge in [0.1, 0.15) is 12.0 Å². The molecule has 5 heteroatoms. The van der Waals surface area contributed by atoms with Crippen LogP contribution in [0.1, 0.15) is 16.1 Å². The van der Waals surface area contributed by atoms with Crippen LogP contribution in [-0.4, -0.2) is 24.5 Å². The van der Waals surface area contributed by atoms with Crippen molar-refractivity contribution in [2.75, 3.05) is 13.7 Å². The molecule has 1 N–H and O–H groups in total. The van der Waals surface area contributed by atoms with Crippen molar-refractivity contribution in [1.29, 1.82) is 0 Å². The first kappa shape index (κ1) is 12.2. The third kappa shape index (κ3) is 3.10. The van der Waals surface area contributed by atoms with Gasteiger partial charge in [0, 0.05) is 18.5 Å². The van der Waals surface area contributed by atoms with E-state index in [-0.39, 0.29) is 5.91 Å². The molecule has 0 spiro atoms. The van der Waals surface area contributed by atoms with E-state index in [4.69, 9.17) is 9.15 Å². The average molecular weight is 246 g/mol. The quantitative estimate of drug-likeness (QED) is 0.871. The number of methoxy groups -OCH3 is 1. The fourth-order valence-corrected chi connectivity index (χ4v) is 1.53. The summed E-state index contributed by atoms with van der Waals surface area (Å²) in [5, 5.41) is 2.81. The van der Waals surface area contributed by atoms with E-state index in [0.717, 1.165) is 5.69 Å². The van der Waals surface area contributed by atoms with Crippen molar-refractivity contribution < 1.29 is 13.9 Å². The smallest absolute Gasteiger partial charge is 0.251 e. The molecule has 1 amide bonds. The molecule has 0 radical (unpaired) electrons. The van der Waals surface area contributed by atoms with Crippen LogP contribution >= 0.6 is 0 Å². The summed E-state index contributed by atoms with van der Waals surface area (Å²) in [5.41, 5.74) is 1.40. The Bertz CT molecular complexity index is 509. The minimum absolute atomic E-state index is 0.127. The number of benzene rings is 1. The van der Waals surface area contributed by atoms with E-state index in [1.807, 2.05) is 0 Å². The lowest BCUT2D eigenvalue weighted by Crippen LogP contribution is -2.25. The van der Waals surface area contributed by atoms with E-state index in [1.54, 1.807) is 37.6 Å². The fraction of sp³-hybridized carbons (Fsp3) is 0.231. The van der Waals surface area contributed by atoms with E-state index in [1.165, 1.54) is 6.39 Å². The van der Waals surface area contributed by atoms with Crippen molar-refractivity contribution in [1.82, 2.24) is 10.3 Å². The SMILES string of the molecule is COc1cccc(C(=O)NCCc2cocn2)c1. The van der Waals surface area contributed by atoms with Crippen LogP contribution in [0.5, 0.6) is 5.75 Å².